The summed E-state index contributed by atoms with van der Waals surface area (Å²) >= 11 is 6.96. The molecule has 0 aliphatic heterocycles. The number of halogens is 2. The molecular weight excluding hydrogens is 297 g/mol. The van der Waals surface area contributed by atoms with Crippen LogP contribution in [0.25, 0.3) is 0 Å². The van der Waals surface area contributed by atoms with E-state index in [1.54, 1.807) is 49.4 Å². The van der Waals surface area contributed by atoms with Gasteiger partial charge in [0.1, 0.15) is 5.82 Å². The van der Waals surface area contributed by atoms with E-state index in [4.69, 9.17) is 11.6 Å². The molecule has 0 radical (unpaired) electrons. The molecule has 1 amide bonds. The average Bonchev–Trinajstić information content (AvgIpc) is 2.44. The van der Waals surface area contributed by atoms with E-state index >= 15 is 0 Å². The maximum absolute atomic E-state index is 13.5. The molecule has 2 aromatic carbocycles. The van der Waals surface area contributed by atoms with Gasteiger partial charge in [0.15, 0.2) is 0 Å². The largest absolute Gasteiger partial charge is 0.325 e. The zero-order valence-corrected chi connectivity index (χ0v) is 12.3. The molecule has 2 rings (SSSR count). The van der Waals surface area contributed by atoms with Crippen LogP contribution < -0.4 is 5.32 Å². The number of hydrogen-bond acceptors (Lipinski definition) is 2. The number of hydrogen-bond donors (Lipinski definition) is 1. The molecule has 104 valence electrons. The van der Waals surface area contributed by atoms with Gasteiger partial charge in [0.2, 0.25) is 5.91 Å². The molecule has 0 aromatic heterocycles. The van der Waals surface area contributed by atoms with Gasteiger partial charge in [-0.2, -0.15) is 0 Å². The number of thioether (sulfide) groups is 1. The quantitative estimate of drug-likeness (QED) is 0.836. The molecule has 0 unspecified atom stereocenters. The zero-order chi connectivity index (χ0) is 14.5. The fraction of sp³-hybridized carbons (Fsp3) is 0.133. The van der Waals surface area contributed by atoms with Crippen molar-refractivity contribution in [1.29, 1.82) is 0 Å². The van der Waals surface area contributed by atoms with E-state index < -0.39 is 5.25 Å². The highest BCUT2D eigenvalue weighted by Gasteiger charge is 2.16. The second kappa shape index (κ2) is 6.77. The number of carbonyl (C=O) groups excluding carboxylic acids is 1. The average molecular weight is 310 g/mol. The first kappa shape index (κ1) is 14.9. The van der Waals surface area contributed by atoms with Gasteiger partial charge in [-0.15, -0.1) is 11.8 Å². The van der Waals surface area contributed by atoms with Crippen LogP contribution in [-0.2, 0) is 4.79 Å². The van der Waals surface area contributed by atoms with Crippen LogP contribution in [0.5, 0.6) is 0 Å². The summed E-state index contributed by atoms with van der Waals surface area (Å²) in [6, 6.07) is 13.3. The molecule has 0 bridgehead atoms. The fourth-order valence-corrected chi connectivity index (χ4v) is 2.57. The zero-order valence-electron chi connectivity index (χ0n) is 10.8. The third-order valence-electron chi connectivity index (χ3n) is 2.62. The van der Waals surface area contributed by atoms with Gasteiger partial charge in [0.25, 0.3) is 0 Å². The third-order valence-corrected chi connectivity index (χ3v) is 4.03. The molecule has 1 atom stereocenters. The maximum atomic E-state index is 13.5. The fourth-order valence-electron chi connectivity index (χ4n) is 1.56. The second-order valence-corrected chi connectivity index (χ2v) is 6.01. The molecule has 0 heterocycles. The summed E-state index contributed by atoms with van der Waals surface area (Å²) in [4.78, 5) is 12.5. The minimum atomic E-state index is -0.400. The SMILES string of the molecule is C[C@@H](Sc1ccccc1F)C(=O)Nc1ccc(Cl)cc1. The lowest BCUT2D eigenvalue weighted by Crippen LogP contribution is -2.22. The molecule has 20 heavy (non-hydrogen) atoms. The van der Waals surface area contributed by atoms with Gasteiger partial charge in [-0.3, -0.25) is 4.79 Å². The van der Waals surface area contributed by atoms with Gasteiger partial charge in [0, 0.05) is 15.6 Å². The normalized spacial score (nSPS) is 11.9. The summed E-state index contributed by atoms with van der Waals surface area (Å²) in [6.07, 6.45) is 0. The molecular formula is C15H13ClFNOS. The van der Waals surface area contributed by atoms with Crippen LogP contribution in [0.15, 0.2) is 53.4 Å². The standard InChI is InChI=1S/C15H13ClFNOS/c1-10(20-14-5-3-2-4-13(14)17)15(19)18-12-8-6-11(16)7-9-12/h2-10H,1H3,(H,18,19)/t10-/m1/s1. The lowest BCUT2D eigenvalue weighted by Gasteiger charge is -2.12. The molecule has 0 aliphatic carbocycles. The molecule has 0 saturated carbocycles. The number of anilines is 1. The Morgan fingerprint density at radius 1 is 1.20 bits per heavy atom. The highest BCUT2D eigenvalue weighted by molar-refractivity contribution is 8.00. The Labute approximate surface area is 126 Å². The van der Waals surface area contributed by atoms with Gasteiger partial charge in [0.05, 0.1) is 5.25 Å². The Bertz CT molecular complexity index is 603. The summed E-state index contributed by atoms with van der Waals surface area (Å²) in [5.41, 5.74) is 0.667. The van der Waals surface area contributed by atoms with Crippen molar-refractivity contribution >= 4 is 35.0 Å². The first-order valence-electron chi connectivity index (χ1n) is 6.04. The van der Waals surface area contributed by atoms with E-state index in [0.717, 1.165) is 0 Å². The highest BCUT2D eigenvalue weighted by atomic mass is 35.5. The van der Waals surface area contributed by atoms with Crippen molar-refractivity contribution in [2.24, 2.45) is 0 Å². The lowest BCUT2D eigenvalue weighted by atomic mass is 10.3. The summed E-state index contributed by atoms with van der Waals surface area (Å²) < 4.78 is 13.5. The van der Waals surface area contributed by atoms with Crippen molar-refractivity contribution in [3.63, 3.8) is 0 Å². The smallest absolute Gasteiger partial charge is 0.237 e. The Kier molecular flexibility index (Phi) is 5.04. The van der Waals surface area contributed by atoms with E-state index in [1.165, 1.54) is 17.8 Å². The Hall–Kier alpha value is -1.52. The Morgan fingerprint density at radius 3 is 2.50 bits per heavy atom. The number of rotatable bonds is 4. The highest BCUT2D eigenvalue weighted by Crippen LogP contribution is 2.26. The minimum Gasteiger partial charge on any atom is -0.325 e. The van der Waals surface area contributed by atoms with Crippen molar-refractivity contribution in [1.82, 2.24) is 0 Å². The van der Waals surface area contributed by atoms with Crippen LogP contribution in [0.2, 0.25) is 5.02 Å². The predicted octanol–water partition coefficient (Wildman–Crippen LogP) is 4.60. The topological polar surface area (TPSA) is 29.1 Å². The summed E-state index contributed by atoms with van der Waals surface area (Å²) in [5.74, 6) is -0.496. The van der Waals surface area contributed by atoms with E-state index in [2.05, 4.69) is 5.32 Å². The van der Waals surface area contributed by atoms with Gasteiger partial charge in [-0.05, 0) is 43.3 Å². The van der Waals surface area contributed by atoms with Crippen LogP contribution in [-0.4, -0.2) is 11.2 Å². The maximum Gasteiger partial charge on any atom is 0.237 e. The monoisotopic (exact) mass is 309 g/mol. The minimum absolute atomic E-state index is 0.180. The van der Waals surface area contributed by atoms with Crippen LogP contribution in [0.3, 0.4) is 0 Å². The number of amides is 1. The van der Waals surface area contributed by atoms with Crippen LogP contribution in [0.1, 0.15) is 6.92 Å². The summed E-state index contributed by atoms with van der Waals surface area (Å²) in [7, 11) is 0. The predicted molar refractivity (Wildman–Crippen MR) is 81.8 cm³/mol. The van der Waals surface area contributed by atoms with Crippen molar-refractivity contribution in [2.45, 2.75) is 17.1 Å². The van der Waals surface area contributed by atoms with Crippen molar-refractivity contribution in [3.8, 4) is 0 Å². The number of carbonyl (C=O) groups is 1. The molecule has 0 spiro atoms. The number of nitrogens with one attached hydrogen (secondary N) is 1. The Morgan fingerprint density at radius 2 is 1.85 bits per heavy atom. The number of benzene rings is 2. The molecule has 0 fully saturated rings. The first-order valence-corrected chi connectivity index (χ1v) is 7.29. The van der Waals surface area contributed by atoms with E-state index in [0.29, 0.717) is 15.6 Å². The van der Waals surface area contributed by atoms with Crippen LogP contribution in [0.4, 0.5) is 10.1 Å². The van der Waals surface area contributed by atoms with Crippen molar-refractivity contribution in [2.75, 3.05) is 5.32 Å². The molecule has 2 aromatic rings. The van der Waals surface area contributed by atoms with Gasteiger partial charge >= 0.3 is 0 Å². The molecule has 0 saturated heterocycles. The lowest BCUT2D eigenvalue weighted by molar-refractivity contribution is -0.115. The molecule has 1 N–H and O–H groups in total. The molecule has 5 heteroatoms. The Balaban J connectivity index is 1.99. The van der Waals surface area contributed by atoms with Gasteiger partial charge < -0.3 is 5.32 Å². The van der Waals surface area contributed by atoms with E-state index in [-0.39, 0.29) is 11.7 Å². The van der Waals surface area contributed by atoms with Crippen LogP contribution in [0, 0.1) is 5.82 Å². The van der Waals surface area contributed by atoms with Crippen molar-refractivity contribution < 1.29 is 9.18 Å². The summed E-state index contributed by atoms with van der Waals surface area (Å²) in [5, 5.41) is 2.98. The second-order valence-electron chi connectivity index (χ2n) is 4.19. The molecule has 2 nitrogen and oxygen atoms in total. The first-order chi connectivity index (χ1) is 9.56. The van der Waals surface area contributed by atoms with Gasteiger partial charge in [-0.1, -0.05) is 23.7 Å². The van der Waals surface area contributed by atoms with E-state index in [1.807, 2.05) is 0 Å². The third kappa shape index (κ3) is 3.99. The van der Waals surface area contributed by atoms with Crippen molar-refractivity contribution in [3.05, 3.63) is 59.4 Å². The van der Waals surface area contributed by atoms with E-state index in [9.17, 15) is 9.18 Å². The van der Waals surface area contributed by atoms with Crippen LogP contribution >= 0.6 is 23.4 Å². The van der Waals surface area contributed by atoms with Gasteiger partial charge in [-0.25, -0.2) is 4.39 Å². The summed E-state index contributed by atoms with van der Waals surface area (Å²) in [6.45, 7) is 1.74. The molecule has 0 aliphatic rings.